The van der Waals surface area contributed by atoms with Crippen molar-refractivity contribution in [2.45, 2.75) is 5.03 Å². The summed E-state index contributed by atoms with van der Waals surface area (Å²) in [4.78, 5) is 0. The fourth-order valence-electron chi connectivity index (χ4n) is 1.25. The van der Waals surface area contributed by atoms with Gasteiger partial charge in [-0.3, -0.25) is 0 Å². The molecule has 2 aromatic heterocycles. The summed E-state index contributed by atoms with van der Waals surface area (Å²) >= 11 is 6.98. The monoisotopic (exact) mass is 266 g/mol. The maximum Gasteiger partial charge on any atom is 0.178 e. The van der Waals surface area contributed by atoms with Gasteiger partial charge in [0.1, 0.15) is 22.5 Å². The van der Waals surface area contributed by atoms with Gasteiger partial charge >= 0.3 is 0 Å². The van der Waals surface area contributed by atoms with Crippen LogP contribution in [0, 0.1) is 11.3 Å². The minimum atomic E-state index is 0.244. The van der Waals surface area contributed by atoms with Crippen LogP contribution in [-0.4, -0.2) is 26.2 Å². The second kappa shape index (κ2) is 4.61. The summed E-state index contributed by atoms with van der Waals surface area (Å²) in [6, 6.07) is 5.22. The van der Waals surface area contributed by atoms with E-state index >= 15 is 0 Å². The number of nitrogen functional groups attached to an aromatic ring is 1. The summed E-state index contributed by atoms with van der Waals surface area (Å²) in [7, 11) is 0. The molecule has 0 aliphatic rings. The minimum absolute atomic E-state index is 0.244. The highest BCUT2D eigenvalue weighted by atomic mass is 35.5. The Bertz CT molecular complexity index is 585. The Labute approximate surface area is 106 Å². The van der Waals surface area contributed by atoms with Crippen LogP contribution in [-0.2, 0) is 0 Å². The first-order valence-corrected chi connectivity index (χ1v) is 6.10. The molecule has 2 heterocycles. The number of rotatable bonds is 2. The lowest BCUT2D eigenvalue weighted by Gasteiger charge is -2.00. The lowest BCUT2D eigenvalue weighted by Crippen LogP contribution is -2.05. The molecule has 0 fully saturated rings. The molecule has 0 saturated carbocycles. The molecule has 0 aliphatic carbocycles. The van der Waals surface area contributed by atoms with Crippen molar-refractivity contribution in [2.24, 2.45) is 0 Å². The molecule has 0 unspecified atom stereocenters. The van der Waals surface area contributed by atoms with Crippen molar-refractivity contribution in [1.29, 1.82) is 5.26 Å². The topological polar surface area (TPSA) is 93.4 Å². The number of nitrogens with zero attached hydrogens (tertiary/aromatic N) is 5. The van der Waals surface area contributed by atoms with Crippen LogP contribution in [0.25, 0.3) is 5.82 Å². The third kappa shape index (κ3) is 2.05. The van der Waals surface area contributed by atoms with Crippen LogP contribution in [0.4, 0.5) is 5.82 Å². The number of hydrogen-bond donors (Lipinski definition) is 1. The summed E-state index contributed by atoms with van der Waals surface area (Å²) in [6.07, 6.45) is 1.82. The van der Waals surface area contributed by atoms with E-state index in [0.717, 1.165) is 0 Å². The molecule has 0 amide bonds. The minimum Gasteiger partial charge on any atom is -0.382 e. The zero-order valence-electron chi connectivity index (χ0n) is 8.75. The van der Waals surface area contributed by atoms with Gasteiger partial charge in [0.05, 0.1) is 0 Å². The second-order valence-corrected chi connectivity index (χ2v) is 4.19. The van der Waals surface area contributed by atoms with E-state index < -0.39 is 0 Å². The van der Waals surface area contributed by atoms with Gasteiger partial charge < -0.3 is 5.73 Å². The summed E-state index contributed by atoms with van der Waals surface area (Å²) in [5.74, 6) is 0.664. The van der Waals surface area contributed by atoms with Crippen LogP contribution in [0.3, 0.4) is 0 Å². The van der Waals surface area contributed by atoms with E-state index in [0.29, 0.717) is 16.4 Å². The SMILES string of the molecule is CSc1nn(-c2ccc(Cl)nn2)c(N)c1C#N. The van der Waals surface area contributed by atoms with Crippen LogP contribution in [0.2, 0.25) is 5.15 Å². The smallest absolute Gasteiger partial charge is 0.178 e. The van der Waals surface area contributed by atoms with Gasteiger partial charge in [0.25, 0.3) is 0 Å². The molecule has 0 atom stereocenters. The third-order valence-corrected chi connectivity index (χ3v) is 2.90. The van der Waals surface area contributed by atoms with Crippen LogP contribution < -0.4 is 5.73 Å². The van der Waals surface area contributed by atoms with Gasteiger partial charge in [-0.05, 0) is 18.4 Å². The Morgan fingerprint density at radius 3 is 2.71 bits per heavy atom. The number of anilines is 1. The number of halogens is 1. The van der Waals surface area contributed by atoms with Crippen molar-refractivity contribution < 1.29 is 0 Å². The van der Waals surface area contributed by atoms with E-state index in [9.17, 15) is 0 Å². The molecule has 86 valence electrons. The quantitative estimate of drug-likeness (QED) is 0.828. The molecule has 17 heavy (non-hydrogen) atoms. The predicted octanol–water partition coefficient (Wildman–Crippen LogP) is 1.49. The summed E-state index contributed by atoms with van der Waals surface area (Å²) in [5, 5.41) is 21.6. The highest BCUT2D eigenvalue weighted by Crippen LogP contribution is 2.25. The lowest BCUT2D eigenvalue weighted by molar-refractivity contribution is 0.794. The van der Waals surface area contributed by atoms with Crippen LogP contribution in [0.15, 0.2) is 17.2 Å². The molecule has 6 nitrogen and oxygen atoms in total. The third-order valence-electron chi connectivity index (χ3n) is 2.03. The fraction of sp³-hybridized carbons (Fsp3) is 0.111. The normalized spacial score (nSPS) is 10.2. The molecular formula is C9H7ClN6S. The molecule has 0 aliphatic heterocycles. The van der Waals surface area contributed by atoms with Crippen LogP contribution in [0.1, 0.15) is 5.56 Å². The maximum atomic E-state index is 8.98. The van der Waals surface area contributed by atoms with E-state index in [2.05, 4.69) is 15.3 Å². The molecule has 0 saturated heterocycles. The molecule has 0 aromatic carbocycles. The molecule has 2 N–H and O–H groups in total. The Morgan fingerprint density at radius 1 is 1.47 bits per heavy atom. The maximum absolute atomic E-state index is 8.98. The zero-order valence-corrected chi connectivity index (χ0v) is 10.3. The fourth-order valence-corrected chi connectivity index (χ4v) is 1.87. The standard InChI is InChI=1S/C9H7ClN6S/c1-17-9-5(4-11)8(12)16(15-9)7-3-2-6(10)13-14-7/h2-3H,12H2,1H3. The van der Waals surface area contributed by atoms with Gasteiger partial charge in [0.2, 0.25) is 0 Å². The van der Waals surface area contributed by atoms with Gasteiger partial charge in [-0.15, -0.1) is 22.0 Å². The average molecular weight is 267 g/mol. The molecule has 2 aromatic rings. The Morgan fingerprint density at radius 2 is 2.24 bits per heavy atom. The number of aromatic nitrogens is 4. The van der Waals surface area contributed by atoms with Crippen molar-refractivity contribution in [2.75, 3.05) is 12.0 Å². The van der Waals surface area contributed by atoms with Crippen LogP contribution >= 0.6 is 23.4 Å². The average Bonchev–Trinajstić information content (AvgIpc) is 2.66. The summed E-state index contributed by atoms with van der Waals surface area (Å²) in [6.45, 7) is 0. The van der Waals surface area contributed by atoms with Gasteiger partial charge in [-0.25, -0.2) is 0 Å². The Balaban J connectivity index is 2.57. The van der Waals surface area contributed by atoms with Gasteiger partial charge in [0.15, 0.2) is 11.0 Å². The van der Waals surface area contributed by atoms with Gasteiger partial charge in [-0.2, -0.15) is 15.0 Å². The van der Waals surface area contributed by atoms with Crippen molar-refractivity contribution >= 4 is 29.2 Å². The van der Waals surface area contributed by atoms with Crippen molar-refractivity contribution in [3.63, 3.8) is 0 Å². The van der Waals surface area contributed by atoms with Gasteiger partial charge in [0, 0.05) is 0 Å². The Hall–Kier alpha value is -1.78. The molecule has 0 radical (unpaired) electrons. The molecular weight excluding hydrogens is 260 g/mol. The second-order valence-electron chi connectivity index (χ2n) is 3.01. The summed E-state index contributed by atoms with van der Waals surface area (Å²) < 4.78 is 1.37. The van der Waals surface area contributed by atoms with Crippen molar-refractivity contribution in [3.8, 4) is 11.9 Å². The van der Waals surface area contributed by atoms with Crippen molar-refractivity contribution in [3.05, 3.63) is 22.8 Å². The van der Waals surface area contributed by atoms with E-state index in [1.165, 1.54) is 16.4 Å². The van der Waals surface area contributed by atoms with E-state index in [1.54, 1.807) is 12.1 Å². The number of thioether (sulfide) groups is 1. The number of nitriles is 1. The molecule has 0 bridgehead atoms. The van der Waals surface area contributed by atoms with Crippen LogP contribution in [0.5, 0.6) is 0 Å². The highest BCUT2D eigenvalue weighted by Gasteiger charge is 2.16. The lowest BCUT2D eigenvalue weighted by atomic mass is 10.4. The first kappa shape index (κ1) is 11.7. The Kier molecular flexibility index (Phi) is 3.17. The van der Waals surface area contributed by atoms with Gasteiger partial charge in [-0.1, -0.05) is 11.6 Å². The zero-order chi connectivity index (χ0) is 12.4. The highest BCUT2D eigenvalue weighted by molar-refractivity contribution is 7.98. The predicted molar refractivity (Wildman–Crippen MR) is 65.1 cm³/mol. The number of hydrogen-bond acceptors (Lipinski definition) is 6. The van der Waals surface area contributed by atoms with Crippen molar-refractivity contribution in [1.82, 2.24) is 20.0 Å². The summed E-state index contributed by atoms with van der Waals surface area (Å²) in [5.41, 5.74) is 6.17. The molecule has 0 spiro atoms. The first-order chi connectivity index (χ1) is 8.17. The van der Waals surface area contributed by atoms with E-state index in [-0.39, 0.29) is 11.0 Å². The van der Waals surface area contributed by atoms with E-state index in [4.69, 9.17) is 22.6 Å². The molecule has 2 rings (SSSR count). The molecule has 8 heteroatoms. The largest absolute Gasteiger partial charge is 0.382 e. The van der Waals surface area contributed by atoms with E-state index in [1.807, 2.05) is 12.3 Å². The first-order valence-electron chi connectivity index (χ1n) is 4.49. The number of nitrogens with two attached hydrogens (primary N) is 1.